The van der Waals surface area contributed by atoms with Gasteiger partial charge in [-0.2, -0.15) is 0 Å². The number of rotatable bonds is 7. The van der Waals surface area contributed by atoms with Crippen molar-refractivity contribution in [3.63, 3.8) is 0 Å². The van der Waals surface area contributed by atoms with Gasteiger partial charge in [-0.15, -0.1) is 0 Å². The van der Waals surface area contributed by atoms with Crippen LogP contribution in [0.25, 0.3) is 0 Å². The molecular formula is C22H32N2O7S. The number of carbonyl (C=O) groups is 2. The van der Waals surface area contributed by atoms with E-state index in [1.165, 1.54) is 32.2 Å². The minimum atomic E-state index is -3.89. The van der Waals surface area contributed by atoms with Crippen molar-refractivity contribution < 1.29 is 32.2 Å². The predicted octanol–water partition coefficient (Wildman–Crippen LogP) is 2.10. The topological polar surface area (TPSA) is 111 Å². The summed E-state index contributed by atoms with van der Waals surface area (Å²) in [6, 6.07) is 3.94. The summed E-state index contributed by atoms with van der Waals surface area (Å²) >= 11 is 0. The van der Waals surface area contributed by atoms with Crippen LogP contribution in [0.4, 0.5) is 0 Å². The number of esters is 1. The smallest absolute Gasteiger partial charge is 0.338 e. The molecule has 3 atom stereocenters. The molecule has 3 unspecified atom stereocenters. The van der Waals surface area contributed by atoms with Gasteiger partial charge in [-0.3, -0.25) is 4.79 Å². The largest absolute Gasteiger partial charge is 0.495 e. The van der Waals surface area contributed by atoms with Crippen molar-refractivity contribution in [2.45, 2.75) is 75.7 Å². The first-order valence-electron chi connectivity index (χ1n) is 11.0. The molecule has 0 radical (unpaired) electrons. The fraction of sp³-hybridized carbons (Fsp3) is 0.636. The van der Waals surface area contributed by atoms with Gasteiger partial charge in [0, 0.05) is 19.1 Å². The van der Waals surface area contributed by atoms with E-state index in [4.69, 9.17) is 14.2 Å². The molecule has 1 N–H and O–H groups in total. The number of hydrogen-bond acceptors (Lipinski definition) is 7. The van der Waals surface area contributed by atoms with Gasteiger partial charge in [0.05, 0.1) is 24.9 Å². The van der Waals surface area contributed by atoms with E-state index in [9.17, 15) is 18.0 Å². The maximum Gasteiger partial charge on any atom is 0.338 e. The molecule has 32 heavy (non-hydrogen) atoms. The Morgan fingerprint density at radius 1 is 1.16 bits per heavy atom. The number of sulfonamides is 1. The quantitative estimate of drug-likeness (QED) is 0.610. The molecule has 10 heteroatoms. The highest BCUT2D eigenvalue weighted by atomic mass is 32.2. The number of morpholine rings is 1. The lowest BCUT2D eigenvalue weighted by Gasteiger charge is -2.36. The van der Waals surface area contributed by atoms with Gasteiger partial charge in [0.2, 0.25) is 10.0 Å². The van der Waals surface area contributed by atoms with Crippen LogP contribution in [0.1, 0.15) is 56.8 Å². The van der Waals surface area contributed by atoms with Crippen LogP contribution in [0.15, 0.2) is 23.1 Å². The number of carbonyl (C=O) groups excluding carboxylic acids is 2. The zero-order chi connectivity index (χ0) is 23.5. The van der Waals surface area contributed by atoms with E-state index in [2.05, 4.69) is 4.72 Å². The van der Waals surface area contributed by atoms with E-state index in [1.54, 1.807) is 4.90 Å². The van der Waals surface area contributed by atoms with Gasteiger partial charge in [-0.25, -0.2) is 17.9 Å². The van der Waals surface area contributed by atoms with E-state index in [0.717, 1.165) is 25.7 Å². The normalized spacial score (nSPS) is 23.1. The summed E-state index contributed by atoms with van der Waals surface area (Å²) in [5, 5.41) is 0. The Labute approximate surface area is 189 Å². The Balaban J connectivity index is 1.73. The van der Waals surface area contributed by atoms with Crippen LogP contribution in [0.2, 0.25) is 0 Å². The minimum Gasteiger partial charge on any atom is -0.495 e. The molecule has 1 aliphatic heterocycles. The number of nitrogens with zero attached hydrogens (tertiary/aromatic N) is 1. The highest BCUT2D eigenvalue weighted by Gasteiger charge is 2.31. The summed E-state index contributed by atoms with van der Waals surface area (Å²) in [4.78, 5) is 27.0. The second-order valence-corrected chi connectivity index (χ2v) is 10.2. The molecule has 1 aliphatic carbocycles. The first kappa shape index (κ1) is 24.5. The molecule has 9 nitrogen and oxygen atoms in total. The average molecular weight is 469 g/mol. The number of amides is 1. The van der Waals surface area contributed by atoms with E-state index in [1.807, 2.05) is 13.8 Å². The second-order valence-electron chi connectivity index (χ2n) is 8.52. The molecule has 1 amide bonds. The monoisotopic (exact) mass is 468 g/mol. The fourth-order valence-corrected chi connectivity index (χ4v) is 5.73. The van der Waals surface area contributed by atoms with Crippen molar-refractivity contribution in [1.82, 2.24) is 9.62 Å². The Bertz CT molecular complexity index is 934. The minimum absolute atomic E-state index is 0.0287. The summed E-state index contributed by atoms with van der Waals surface area (Å²) in [6.45, 7) is 6.11. The van der Waals surface area contributed by atoms with Crippen LogP contribution < -0.4 is 9.46 Å². The van der Waals surface area contributed by atoms with Gasteiger partial charge in [-0.05, 0) is 51.8 Å². The van der Waals surface area contributed by atoms with E-state index < -0.39 is 22.1 Å². The second kappa shape index (κ2) is 10.2. The third-order valence-corrected chi connectivity index (χ3v) is 7.27. The van der Waals surface area contributed by atoms with Crippen LogP contribution in [0.3, 0.4) is 0 Å². The van der Waals surface area contributed by atoms with E-state index in [0.29, 0.717) is 13.1 Å². The molecule has 0 spiro atoms. The molecule has 1 aromatic rings. The summed E-state index contributed by atoms with van der Waals surface area (Å²) in [5.74, 6) is -0.961. The van der Waals surface area contributed by atoms with Crippen LogP contribution in [-0.4, -0.2) is 69.7 Å². The summed E-state index contributed by atoms with van der Waals surface area (Å²) in [7, 11) is -2.52. The summed E-state index contributed by atoms with van der Waals surface area (Å²) < 4.78 is 44.8. The fourth-order valence-electron chi connectivity index (χ4n) is 4.23. The molecule has 1 saturated carbocycles. The Hall–Kier alpha value is -2.17. The Kier molecular flexibility index (Phi) is 7.79. The highest BCUT2D eigenvalue weighted by Crippen LogP contribution is 2.28. The molecule has 1 heterocycles. The molecule has 3 rings (SSSR count). The lowest BCUT2D eigenvalue weighted by molar-refractivity contribution is -0.151. The van der Waals surface area contributed by atoms with Crippen molar-refractivity contribution in [3.05, 3.63) is 23.8 Å². The van der Waals surface area contributed by atoms with Crippen LogP contribution >= 0.6 is 0 Å². The third kappa shape index (κ3) is 5.79. The Morgan fingerprint density at radius 3 is 2.38 bits per heavy atom. The summed E-state index contributed by atoms with van der Waals surface area (Å²) in [5.41, 5.74) is 0.0287. The van der Waals surface area contributed by atoms with Gasteiger partial charge in [-0.1, -0.05) is 12.8 Å². The van der Waals surface area contributed by atoms with Crippen molar-refractivity contribution in [3.8, 4) is 5.75 Å². The molecule has 0 bridgehead atoms. The average Bonchev–Trinajstić information content (AvgIpc) is 3.24. The van der Waals surface area contributed by atoms with Crippen molar-refractivity contribution in [1.29, 1.82) is 0 Å². The number of hydrogen-bond donors (Lipinski definition) is 1. The number of benzene rings is 1. The van der Waals surface area contributed by atoms with Gasteiger partial charge < -0.3 is 19.1 Å². The summed E-state index contributed by atoms with van der Waals surface area (Å²) in [6.07, 6.45) is 2.29. The molecular weight excluding hydrogens is 436 g/mol. The standard InChI is InChI=1S/C22H32N2O7S/c1-14-12-24(13-15(2)30-14)21(25)16(3)31-22(26)17-9-10-19(29-4)20(11-17)32(27,28)23-18-7-5-6-8-18/h9-11,14-16,18,23H,5-8,12-13H2,1-4H3. The van der Waals surface area contributed by atoms with Crippen LogP contribution in [0.5, 0.6) is 5.75 Å². The first-order valence-corrected chi connectivity index (χ1v) is 12.4. The first-order chi connectivity index (χ1) is 15.1. The lowest BCUT2D eigenvalue weighted by Crippen LogP contribution is -2.51. The predicted molar refractivity (Wildman–Crippen MR) is 117 cm³/mol. The molecule has 2 fully saturated rings. The van der Waals surface area contributed by atoms with Gasteiger partial charge >= 0.3 is 5.97 Å². The molecule has 1 saturated heterocycles. The lowest BCUT2D eigenvalue weighted by atomic mass is 10.2. The Morgan fingerprint density at radius 2 is 1.78 bits per heavy atom. The third-order valence-electron chi connectivity index (χ3n) is 5.73. The zero-order valence-corrected chi connectivity index (χ0v) is 19.8. The SMILES string of the molecule is COc1ccc(C(=O)OC(C)C(=O)N2CC(C)OC(C)C2)cc1S(=O)(=O)NC1CCCC1. The van der Waals surface area contributed by atoms with Gasteiger partial charge in [0.1, 0.15) is 10.6 Å². The van der Waals surface area contributed by atoms with Crippen molar-refractivity contribution >= 4 is 21.9 Å². The van der Waals surface area contributed by atoms with E-state index >= 15 is 0 Å². The number of nitrogens with one attached hydrogen (secondary N) is 1. The molecule has 1 aromatic carbocycles. The van der Waals surface area contributed by atoms with Crippen molar-refractivity contribution in [2.24, 2.45) is 0 Å². The van der Waals surface area contributed by atoms with Crippen LogP contribution in [0, 0.1) is 0 Å². The van der Waals surface area contributed by atoms with Gasteiger partial charge in [0.25, 0.3) is 5.91 Å². The molecule has 178 valence electrons. The highest BCUT2D eigenvalue weighted by molar-refractivity contribution is 7.89. The van der Waals surface area contributed by atoms with Crippen molar-refractivity contribution in [2.75, 3.05) is 20.2 Å². The number of ether oxygens (including phenoxy) is 3. The van der Waals surface area contributed by atoms with Gasteiger partial charge in [0.15, 0.2) is 6.10 Å². The molecule has 2 aliphatic rings. The molecule has 0 aromatic heterocycles. The zero-order valence-electron chi connectivity index (χ0n) is 19.0. The maximum absolute atomic E-state index is 12.9. The maximum atomic E-state index is 12.9. The number of methoxy groups -OCH3 is 1. The van der Waals surface area contributed by atoms with E-state index in [-0.39, 0.29) is 40.4 Å². The van der Waals surface area contributed by atoms with Crippen LogP contribution in [-0.2, 0) is 24.3 Å².